The topological polar surface area (TPSA) is 58.2 Å². The van der Waals surface area contributed by atoms with Crippen LogP contribution in [0.4, 0.5) is 0 Å². The SMILES string of the molecule is CC(C)[C@H](C)[C@@]12NC(=O)[C@H](CCCl)[C@@H]1NC2=O. The predicted molar refractivity (Wildman–Crippen MR) is 65.6 cm³/mol. The third-order valence-corrected chi connectivity index (χ3v) is 4.58. The number of nitrogens with one attached hydrogen (secondary N) is 2. The summed E-state index contributed by atoms with van der Waals surface area (Å²) in [5.74, 6) is 0.655. The molecule has 0 bridgehead atoms. The molecule has 0 aliphatic carbocycles. The molecule has 96 valence electrons. The molecule has 0 radical (unpaired) electrons. The minimum atomic E-state index is -0.692. The van der Waals surface area contributed by atoms with E-state index >= 15 is 0 Å². The number of alkyl halides is 1. The summed E-state index contributed by atoms with van der Waals surface area (Å²) < 4.78 is 0. The Morgan fingerprint density at radius 2 is 2.00 bits per heavy atom. The van der Waals surface area contributed by atoms with Crippen molar-refractivity contribution < 1.29 is 9.59 Å². The highest BCUT2D eigenvalue weighted by Crippen LogP contribution is 2.42. The molecule has 4 atom stereocenters. The molecule has 2 heterocycles. The quantitative estimate of drug-likeness (QED) is 0.581. The molecule has 0 aromatic carbocycles. The number of carbonyl (C=O) groups is 2. The average Bonchev–Trinajstić information content (AvgIpc) is 2.49. The van der Waals surface area contributed by atoms with Gasteiger partial charge in [0.15, 0.2) is 0 Å². The van der Waals surface area contributed by atoms with Gasteiger partial charge >= 0.3 is 0 Å². The molecule has 0 aromatic rings. The van der Waals surface area contributed by atoms with E-state index in [4.69, 9.17) is 11.6 Å². The van der Waals surface area contributed by atoms with Crippen LogP contribution in [0.5, 0.6) is 0 Å². The van der Waals surface area contributed by atoms with Gasteiger partial charge in [0.25, 0.3) is 0 Å². The molecular weight excluding hydrogens is 240 g/mol. The number of hydrogen-bond acceptors (Lipinski definition) is 2. The van der Waals surface area contributed by atoms with Gasteiger partial charge < -0.3 is 10.6 Å². The molecule has 2 aliphatic heterocycles. The average molecular weight is 259 g/mol. The number of rotatable bonds is 4. The van der Waals surface area contributed by atoms with Crippen LogP contribution in [-0.2, 0) is 9.59 Å². The third kappa shape index (κ3) is 1.57. The van der Waals surface area contributed by atoms with Crippen molar-refractivity contribution >= 4 is 23.4 Å². The second-order valence-electron chi connectivity index (χ2n) is 5.43. The van der Waals surface area contributed by atoms with Crippen molar-refractivity contribution in [3.05, 3.63) is 0 Å². The van der Waals surface area contributed by atoms with Gasteiger partial charge in [-0.25, -0.2) is 0 Å². The van der Waals surface area contributed by atoms with E-state index in [1.54, 1.807) is 0 Å². The number of halogens is 1. The number of fused-ring (bicyclic) bond motifs is 1. The number of carbonyl (C=O) groups excluding carboxylic acids is 2. The molecule has 2 saturated heterocycles. The highest BCUT2D eigenvalue weighted by Gasteiger charge is 2.67. The number of hydrogen-bond donors (Lipinski definition) is 2. The fourth-order valence-corrected chi connectivity index (χ4v) is 3.22. The molecule has 2 aliphatic rings. The van der Waals surface area contributed by atoms with Crippen LogP contribution in [0.2, 0.25) is 0 Å². The Labute approximate surface area is 106 Å². The molecule has 17 heavy (non-hydrogen) atoms. The lowest BCUT2D eigenvalue weighted by molar-refractivity contribution is -0.143. The van der Waals surface area contributed by atoms with Crippen molar-refractivity contribution in [3.8, 4) is 0 Å². The molecular formula is C12H19ClN2O2. The predicted octanol–water partition coefficient (Wildman–Crippen LogP) is 0.891. The molecule has 0 saturated carbocycles. The standard InChI is InChI=1S/C12H19ClN2O2/c1-6(2)7(3)12-9(14-11(12)17)8(4-5-13)10(16)15-12/h6-9H,4-5H2,1-3H3,(H,14,17)(H,15,16)/t7-,8+,9-,12+/m0/s1. The summed E-state index contributed by atoms with van der Waals surface area (Å²) in [4.78, 5) is 23.9. The van der Waals surface area contributed by atoms with Gasteiger partial charge in [0.05, 0.1) is 12.0 Å². The lowest BCUT2D eigenvalue weighted by Crippen LogP contribution is -2.78. The van der Waals surface area contributed by atoms with Gasteiger partial charge in [0.1, 0.15) is 5.54 Å². The van der Waals surface area contributed by atoms with E-state index in [0.717, 1.165) is 0 Å². The summed E-state index contributed by atoms with van der Waals surface area (Å²) in [6.07, 6.45) is 0.616. The van der Waals surface area contributed by atoms with E-state index < -0.39 is 5.54 Å². The largest absolute Gasteiger partial charge is 0.348 e. The van der Waals surface area contributed by atoms with E-state index in [-0.39, 0.29) is 29.7 Å². The Kier molecular flexibility index (Phi) is 3.10. The number of amides is 2. The summed E-state index contributed by atoms with van der Waals surface area (Å²) in [5.41, 5.74) is -0.692. The van der Waals surface area contributed by atoms with E-state index in [1.807, 2.05) is 6.92 Å². The maximum atomic E-state index is 11.9. The van der Waals surface area contributed by atoms with E-state index in [0.29, 0.717) is 18.2 Å². The molecule has 5 heteroatoms. The van der Waals surface area contributed by atoms with Gasteiger partial charge in [-0.3, -0.25) is 9.59 Å². The van der Waals surface area contributed by atoms with Crippen molar-refractivity contribution in [1.29, 1.82) is 0 Å². The lowest BCUT2D eigenvalue weighted by Gasteiger charge is -2.49. The first-order valence-corrected chi connectivity index (χ1v) is 6.67. The normalized spacial score (nSPS) is 37.2. The minimum Gasteiger partial charge on any atom is -0.348 e. The van der Waals surface area contributed by atoms with E-state index in [9.17, 15) is 9.59 Å². The van der Waals surface area contributed by atoms with Gasteiger partial charge in [0.2, 0.25) is 11.8 Å². The van der Waals surface area contributed by atoms with Crippen LogP contribution in [0.15, 0.2) is 0 Å². The lowest BCUT2D eigenvalue weighted by atomic mass is 9.67. The first-order valence-electron chi connectivity index (χ1n) is 6.14. The summed E-state index contributed by atoms with van der Waals surface area (Å²) in [7, 11) is 0. The van der Waals surface area contributed by atoms with Crippen LogP contribution in [-0.4, -0.2) is 29.3 Å². The van der Waals surface area contributed by atoms with Crippen molar-refractivity contribution in [3.63, 3.8) is 0 Å². The molecule has 0 unspecified atom stereocenters. The Morgan fingerprint density at radius 3 is 2.47 bits per heavy atom. The first-order chi connectivity index (χ1) is 7.95. The van der Waals surface area contributed by atoms with Gasteiger partial charge in [0, 0.05) is 5.88 Å². The Bertz CT molecular complexity index is 358. The fourth-order valence-electron chi connectivity index (χ4n) is 2.98. The van der Waals surface area contributed by atoms with Crippen LogP contribution in [0.1, 0.15) is 27.2 Å². The minimum absolute atomic E-state index is 0.0403. The van der Waals surface area contributed by atoms with Crippen LogP contribution in [0.3, 0.4) is 0 Å². The van der Waals surface area contributed by atoms with Gasteiger partial charge in [-0.15, -0.1) is 11.6 Å². The van der Waals surface area contributed by atoms with Gasteiger partial charge in [-0.1, -0.05) is 20.8 Å². The van der Waals surface area contributed by atoms with Crippen LogP contribution in [0.25, 0.3) is 0 Å². The highest BCUT2D eigenvalue weighted by atomic mass is 35.5. The summed E-state index contributed by atoms with van der Waals surface area (Å²) in [6.45, 7) is 6.17. The molecule has 2 N–H and O–H groups in total. The first kappa shape index (κ1) is 12.7. The van der Waals surface area contributed by atoms with Crippen LogP contribution >= 0.6 is 11.6 Å². The second-order valence-corrected chi connectivity index (χ2v) is 5.80. The summed E-state index contributed by atoms with van der Waals surface area (Å²) in [6, 6.07) is -0.0846. The molecule has 2 fully saturated rings. The van der Waals surface area contributed by atoms with Gasteiger partial charge in [-0.05, 0) is 18.3 Å². The second kappa shape index (κ2) is 4.16. The van der Waals surface area contributed by atoms with Crippen molar-refractivity contribution in [2.45, 2.75) is 38.8 Å². The smallest absolute Gasteiger partial charge is 0.248 e. The highest BCUT2D eigenvalue weighted by molar-refractivity contribution is 6.18. The zero-order valence-electron chi connectivity index (χ0n) is 10.4. The number of β-lactam (4-membered cyclic amide) rings is 1. The van der Waals surface area contributed by atoms with Crippen LogP contribution < -0.4 is 10.6 Å². The van der Waals surface area contributed by atoms with E-state index in [2.05, 4.69) is 24.5 Å². The van der Waals surface area contributed by atoms with E-state index in [1.165, 1.54) is 0 Å². The summed E-state index contributed by atoms with van der Waals surface area (Å²) in [5, 5.41) is 5.79. The van der Waals surface area contributed by atoms with Gasteiger partial charge in [-0.2, -0.15) is 0 Å². The Morgan fingerprint density at radius 1 is 1.35 bits per heavy atom. The molecule has 0 spiro atoms. The maximum Gasteiger partial charge on any atom is 0.248 e. The molecule has 2 rings (SSSR count). The molecule has 0 aromatic heterocycles. The van der Waals surface area contributed by atoms with Crippen LogP contribution in [0, 0.1) is 17.8 Å². The zero-order valence-corrected chi connectivity index (χ0v) is 11.2. The maximum absolute atomic E-state index is 11.9. The monoisotopic (exact) mass is 258 g/mol. The third-order valence-electron chi connectivity index (χ3n) is 4.36. The molecule has 2 amide bonds. The van der Waals surface area contributed by atoms with Crippen molar-refractivity contribution in [2.24, 2.45) is 17.8 Å². The van der Waals surface area contributed by atoms with Crippen molar-refractivity contribution in [2.75, 3.05) is 5.88 Å². The fraction of sp³-hybridized carbons (Fsp3) is 0.833. The zero-order chi connectivity index (χ0) is 12.8. The summed E-state index contributed by atoms with van der Waals surface area (Å²) >= 11 is 5.72. The molecule has 4 nitrogen and oxygen atoms in total. The van der Waals surface area contributed by atoms with Crippen molar-refractivity contribution in [1.82, 2.24) is 10.6 Å². The Hall–Kier alpha value is -0.770. The Balaban J connectivity index is 2.27.